The van der Waals surface area contributed by atoms with E-state index in [4.69, 9.17) is 9.15 Å². The number of benzene rings is 2. The third kappa shape index (κ3) is 4.28. The average Bonchev–Trinajstić information content (AvgIpc) is 3.34. The van der Waals surface area contributed by atoms with E-state index in [1.54, 1.807) is 30.5 Å². The lowest BCUT2D eigenvalue weighted by molar-refractivity contribution is -0.140. The van der Waals surface area contributed by atoms with Crippen LogP contribution < -0.4 is 0 Å². The van der Waals surface area contributed by atoms with Gasteiger partial charge in [0.05, 0.1) is 29.1 Å². The predicted molar refractivity (Wildman–Crippen MR) is 111 cm³/mol. The maximum Gasteiger partial charge on any atom is 0.315 e. The van der Waals surface area contributed by atoms with Crippen molar-refractivity contribution in [1.82, 2.24) is 9.88 Å². The number of aromatic nitrogens is 1. The summed E-state index contributed by atoms with van der Waals surface area (Å²) in [6.45, 7) is -0.000543. The van der Waals surface area contributed by atoms with Crippen molar-refractivity contribution < 1.29 is 23.5 Å². The van der Waals surface area contributed by atoms with Gasteiger partial charge in [0.2, 0.25) is 5.89 Å². The highest BCUT2D eigenvalue weighted by atomic mass is 32.2. The van der Waals surface area contributed by atoms with Crippen LogP contribution in [0.5, 0.6) is 0 Å². The molecule has 0 radical (unpaired) electrons. The molecule has 0 spiro atoms. The SMILES string of the molecule is O=C(CSCc1coc(-c2ccccc2)n1)OCCN1C(=O)c2ccccc2C1=O. The Labute approximate surface area is 177 Å². The quantitative estimate of drug-likeness (QED) is 0.406. The molecule has 3 aromatic rings. The number of hydrogen-bond acceptors (Lipinski definition) is 7. The summed E-state index contributed by atoms with van der Waals surface area (Å²) in [5.41, 5.74) is 2.39. The van der Waals surface area contributed by atoms with E-state index in [0.29, 0.717) is 22.8 Å². The number of amides is 2. The number of fused-ring (bicyclic) bond motifs is 1. The number of nitrogens with zero attached hydrogens (tertiary/aromatic N) is 2. The van der Waals surface area contributed by atoms with Crippen molar-refractivity contribution in [3.05, 3.63) is 77.7 Å². The number of oxazole rings is 1. The molecule has 1 aromatic heterocycles. The number of hydrogen-bond donors (Lipinski definition) is 0. The van der Waals surface area contributed by atoms with Crippen molar-refractivity contribution in [3.63, 3.8) is 0 Å². The molecule has 30 heavy (non-hydrogen) atoms. The minimum Gasteiger partial charge on any atom is -0.463 e. The number of rotatable bonds is 8. The van der Waals surface area contributed by atoms with Crippen LogP contribution in [0.25, 0.3) is 11.5 Å². The summed E-state index contributed by atoms with van der Waals surface area (Å²) >= 11 is 1.35. The van der Waals surface area contributed by atoms with Crippen molar-refractivity contribution in [1.29, 1.82) is 0 Å². The summed E-state index contributed by atoms with van der Waals surface area (Å²) in [4.78, 5) is 42.0. The summed E-state index contributed by atoms with van der Waals surface area (Å²) in [5.74, 6) is 0.0418. The Kier molecular flexibility index (Phi) is 5.94. The van der Waals surface area contributed by atoms with Crippen molar-refractivity contribution in [2.45, 2.75) is 5.75 Å². The first-order valence-corrected chi connectivity index (χ1v) is 10.5. The smallest absolute Gasteiger partial charge is 0.315 e. The normalized spacial score (nSPS) is 12.9. The second-order valence-electron chi connectivity index (χ2n) is 6.53. The average molecular weight is 422 g/mol. The first-order chi connectivity index (χ1) is 14.6. The minimum absolute atomic E-state index is 0.0342. The Morgan fingerprint density at radius 1 is 1.00 bits per heavy atom. The zero-order valence-electron chi connectivity index (χ0n) is 15.9. The van der Waals surface area contributed by atoms with Crippen molar-refractivity contribution in [3.8, 4) is 11.5 Å². The Morgan fingerprint density at radius 2 is 1.67 bits per heavy atom. The molecule has 0 unspecified atom stereocenters. The van der Waals surface area contributed by atoms with Gasteiger partial charge in [-0.05, 0) is 24.3 Å². The fraction of sp³-hybridized carbons (Fsp3) is 0.182. The minimum atomic E-state index is -0.414. The summed E-state index contributed by atoms with van der Waals surface area (Å²) in [6.07, 6.45) is 1.57. The molecule has 0 bridgehead atoms. The fourth-order valence-corrected chi connectivity index (χ4v) is 3.75. The lowest BCUT2D eigenvalue weighted by Crippen LogP contribution is -2.33. The summed E-state index contributed by atoms with van der Waals surface area (Å²) < 4.78 is 10.6. The summed E-state index contributed by atoms with van der Waals surface area (Å²) in [7, 11) is 0. The topological polar surface area (TPSA) is 89.7 Å². The number of thioether (sulfide) groups is 1. The number of carbonyl (C=O) groups excluding carboxylic acids is 3. The van der Waals surface area contributed by atoms with E-state index in [-0.39, 0.29) is 30.7 Å². The molecule has 4 rings (SSSR count). The maximum absolute atomic E-state index is 12.3. The molecule has 1 aliphatic rings. The van der Waals surface area contributed by atoms with E-state index in [1.165, 1.54) is 11.8 Å². The van der Waals surface area contributed by atoms with Gasteiger partial charge in [0.1, 0.15) is 12.9 Å². The molecule has 0 N–H and O–H groups in total. The maximum atomic E-state index is 12.3. The number of carbonyl (C=O) groups is 3. The molecule has 0 saturated heterocycles. The molecule has 0 atom stereocenters. The lowest BCUT2D eigenvalue weighted by Gasteiger charge is -2.13. The molecule has 152 valence electrons. The van der Waals surface area contributed by atoms with Gasteiger partial charge in [-0.1, -0.05) is 30.3 Å². The van der Waals surface area contributed by atoms with Gasteiger partial charge < -0.3 is 9.15 Å². The van der Waals surface area contributed by atoms with Crippen molar-refractivity contribution >= 4 is 29.5 Å². The van der Waals surface area contributed by atoms with Gasteiger partial charge in [0.25, 0.3) is 11.8 Å². The van der Waals surface area contributed by atoms with Crippen molar-refractivity contribution in [2.75, 3.05) is 18.9 Å². The van der Waals surface area contributed by atoms with Crippen LogP contribution in [-0.4, -0.2) is 46.6 Å². The first kappa shape index (κ1) is 19.9. The van der Waals surface area contributed by atoms with E-state index in [2.05, 4.69) is 4.98 Å². The van der Waals surface area contributed by atoms with Crippen LogP contribution in [0.15, 0.2) is 65.3 Å². The molecular formula is C22H18N2O5S. The zero-order valence-corrected chi connectivity index (χ0v) is 16.8. The fourth-order valence-electron chi connectivity index (χ4n) is 3.06. The molecule has 7 nitrogen and oxygen atoms in total. The van der Waals surface area contributed by atoms with Crippen LogP contribution in [0, 0.1) is 0 Å². The van der Waals surface area contributed by atoms with Gasteiger partial charge in [-0.25, -0.2) is 4.98 Å². The number of ether oxygens (including phenoxy) is 1. The predicted octanol–water partition coefficient (Wildman–Crippen LogP) is 3.41. The summed E-state index contributed by atoms with van der Waals surface area (Å²) in [6, 6.07) is 16.2. The number of esters is 1. The van der Waals surface area contributed by atoms with E-state index in [9.17, 15) is 14.4 Å². The van der Waals surface area contributed by atoms with E-state index < -0.39 is 5.97 Å². The monoisotopic (exact) mass is 422 g/mol. The van der Waals surface area contributed by atoms with Crippen LogP contribution >= 0.6 is 11.8 Å². The molecule has 8 heteroatoms. The molecule has 2 amide bonds. The standard InChI is InChI=1S/C22H18N2O5S/c25-19(14-30-13-16-12-29-20(23-16)15-6-2-1-3-7-15)28-11-10-24-21(26)17-8-4-5-9-18(17)22(24)27/h1-9,12H,10-11,13-14H2. The van der Waals surface area contributed by atoms with Gasteiger partial charge in [-0.3, -0.25) is 19.3 Å². The van der Waals surface area contributed by atoms with Crippen LogP contribution in [0.1, 0.15) is 26.4 Å². The van der Waals surface area contributed by atoms with Gasteiger partial charge in [-0.15, -0.1) is 11.8 Å². The third-order valence-electron chi connectivity index (χ3n) is 4.50. The summed E-state index contributed by atoms with van der Waals surface area (Å²) in [5, 5.41) is 0. The van der Waals surface area contributed by atoms with Crippen LogP contribution in [0.4, 0.5) is 0 Å². The lowest BCUT2D eigenvalue weighted by atomic mass is 10.1. The Bertz CT molecular complexity index is 1040. The second kappa shape index (κ2) is 8.96. The zero-order chi connectivity index (χ0) is 20.9. The van der Waals surface area contributed by atoms with Gasteiger partial charge >= 0.3 is 5.97 Å². The first-order valence-electron chi connectivity index (χ1n) is 9.32. The molecule has 1 aliphatic heterocycles. The Hall–Kier alpha value is -3.39. The van der Waals surface area contributed by atoms with Gasteiger partial charge in [-0.2, -0.15) is 0 Å². The molecule has 0 aliphatic carbocycles. The molecule has 2 heterocycles. The highest BCUT2D eigenvalue weighted by Gasteiger charge is 2.34. The van der Waals surface area contributed by atoms with Crippen LogP contribution in [-0.2, 0) is 15.3 Å². The molecule has 2 aromatic carbocycles. The van der Waals surface area contributed by atoms with Crippen LogP contribution in [0.3, 0.4) is 0 Å². The second-order valence-corrected chi connectivity index (χ2v) is 7.52. The molecule has 0 fully saturated rings. The molecular weight excluding hydrogens is 404 g/mol. The molecule has 0 saturated carbocycles. The Morgan fingerprint density at radius 3 is 2.37 bits per heavy atom. The van der Waals surface area contributed by atoms with Gasteiger partial charge in [0, 0.05) is 11.3 Å². The third-order valence-corrected chi connectivity index (χ3v) is 5.44. The van der Waals surface area contributed by atoms with E-state index in [1.807, 2.05) is 30.3 Å². The Balaban J connectivity index is 1.19. The van der Waals surface area contributed by atoms with E-state index >= 15 is 0 Å². The van der Waals surface area contributed by atoms with E-state index in [0.717, 1.165) is 16.2 Å². The van der Waals surface area contributed by atoms with Gasteiger partial charge in [0.15, 0.2) is 0 Å². The van der Waals surface area contributed by atoms with Crippen LogP contribution in [0.2, 0.25) is 0 Å². The highest BCUT2D eigenvalue weighted by molar-refractivity contribution is 7.99. The largest absolute Gasteiger partial charge is 0.463 e. The van der Waals surface area contributed by atoms with Crippen molar-refractivity contribution in [2.24, 2.45) is 0 Å². The number of imide groups is 1. The highest BCUT2D eigenvalue weighted by Crippen LogP contribution is 2.22.